The molecular formula is C19H24FN5O5S. The minimum absolute atomic E-state index is 0.0215. The number of aryl methyl sites for hydroxylation is 1. The van der Waals surface area contributed by atoms with E-state index in [1.807, 2.05) is 4.90 Å². The molecule has 2 aromatic rings. The van der Waals surface area contributed by atoms with Crippen LogP contribution in [-0.2, 0) is 21.2 Å². The molecule has 0 aromatic carbocycles. The van der Waals surface area contributed by atoms with Crippen molar-refractivity contribution >= 4 is 21.7 Å². The van der Waals surface area contributed by atoms with Gasteiger partial charge >= 0.3 is 0 Å². The topological polar surface area (TPSA) is 134 Å². The molecule has 12 heteroatoms. The molecule has 2 aromatic heterocycles. The molecule has 0 radical (unpaired) electrons. The number of halogens is 1. The van der Waals surface area contributed by atoms with E-state index >= 15 is 0 Å². The second-order valence-corrected chi connectivity index (χ2v) is 10.2. The van der Waals surface area contributed by atoms with E-state index in [1.54, 1.807) is 0 Å². The Bertz CT molecular complexity index is 1130. The third kappa shape index (κ3) is 4.59. The van der Waals surface area contributed by atoms with Crippen molar-refractivity contribution in [3.63, 3.8) is 0 Å². The van der Waals surface area contributed by atoms with Crippen molar-refractivity contribution in [2.24, 2.45) is 0 Å². The quantitative estimate of drug-likeness (QED) is 0.463. The lowest BCUT2D eigenvalue weighted by Crippen LogP contribution is -2.50. The highest BCUT2D eigenvalue weighted by Crippen LogP contribution is 2.24. The summed E-state index contributed by atoms with van der Waals surface area (Å²) in [6, 6.07) is 1.08. The number of carbonyl (C=O) groups excluding carboxylic acids is 1. The number of hydrogen-bond donors (Lipinski definition) is 2. The Balaban J connectivity index is 1.83. The van der Waals surface area contributed by atoms with E-state index in [2.05, 4.69) is 9.97 Å². The lowest BCUT2D eigenvalue weighted by Gasteiger charge is -2.25. The SMILES string of the molecule is CC(CCn1cc(F)c(-c2cnc(N3CCCC3)nc2)cc1=O)(C(=O)NO)S(C)(=O)=O. The number of anilines is 1. The predicted octanol–water partition coefficient (Wildman–Crippen LogP) is 0.743. The summed E-state index contributed by atoms with van der Waals surface area (Å²) in [5, 5.41) is 8.87. The first-order valence-corrected chi connectivity index (χ1v) is 11.6. The van der Waals surface area contributed by atoms with Gasteiger partial charge in [0.05, 0.1) is 0 Å². The van der Waals surface area contributed by atoms with Gasteiger partial charge in [-0.15, -0.1) is 0 Å². The summed E-state index contributed by atoms with van der Waals surface area (Å²) in [5.74, 6) is -1.29. The van der Waals surface area contributed by atoms with Gasteiger partial charge in [0.2, 0.25) is 5.95 Å². The maximum absolute atomic E-state index is 14.7. The molecule has 1 aliphatic heterocycles. The first-order chi connectivity index (χ1) is 14.6. The molecule has 1 unspecified atom stereocenters. The molecule has 1 atom stereocenters. The third-order valence-electron chi connectivity index (χ3n) is 5.65. The maximum atomic E-state index is 14.7. The molecular weight excluding hydrogens is 429 g/mol. The zero-order chi connectivity index (χ0) is 22.8. The van der Waals surface area contributed by atoms with Crippen LogP contribution in [0.15, 0.2) is 29.5 Å². The minimum atomic E-state index is -3.93. The number of rotatable bonds is 7. The summed E-state index contributed by atoms with van der Waals surface area (Å²) < 4.78 is 37.8. The molecule has 3 heterocycles. The fourth-order valence-electron chi connectivity index (χ4n) is 3.40. The molecule has 0 bridgehead atoms. The number of amides is 1. The van der Waals surface area contributed by atoms with Crippen LogP contribution in [0.1, 0.15) is 26.2 Å². The van der Waals surface area contributed by atoms with Crippen LogP contribution in [0.5, 0.6) is 0 Å². The molecule has 168 valence electrons. The Morgan fingerprint density at radius 2 is 1.90 bits per heavy atom. The van der Waals surface area contributed by atoms with Crippen LogP contribution in [0.2, 0.25) is 0 Å². The van der Waals surface area contributed by atoms with Crippen molar-refractivity contribution in [2.75, 3.05) is 24.2 Å². The molecule has 3 rings (SSSR count). The highest BCUT2D eigenvalue weighted by molar-refractivity contribution is 7.92. The highest BCUT2D eigenvalue weighted by atomic mass is 32.2. The van der Waals surface area contributed by atoms with E-state index in [0.717, 1.165) is 55.9 Å². The number of aromatic nitrogens is 3. The minimum Gasteiger partial charge on any atom is -0.341 e. The number of hydrogen-bond acceptors (Lipinski definition) is 8. The van der Waals surface area contributed by atoms with Crippen molar-refractivity contribution < 1.29 is 22.8 Å². The zero-order valence-electron chi connectivity index (χ0n) is 17.2. The van der Waals surface area contributed by atoms with Gasteiger partial charge in [0, 0.05) is 61.7 Å². The van der Waals surface area contributed by atoms with Crippen LogP contribution in [0.3, 0.4) is 0 Å². The van der Waals surface area contributed by atoms with Gasteiger partial charge in [-0.2, -0.15) is 0 Å². The van der Waals surface area contributed by atoms with Gasteiger partial charge in [0.1, 0.15) is 5.82 Å². The Labute approximate surface area is 178 Å². The summed E-state index contributed by atoms with van der Waals surface area (Å²) in [6.07, 6.45) is 6.49. The van der Waals surface area contributed by atoms with Gasteiger partial charge < -0.3 is 9.47 Å². The van der Waals surface area contributed by atoms with Crippen LogP contribution in [0.4, 0.5) is 10.3 Å². The Kier molecular flexibility index (Phi) is 6.41. The highest BCUT2D eigenvalue weighted by Gasteiger charge is 2.43. The van der Waals surface area contributed by atoms with Crippen LogP contribution in [0, 0.1) is 5.82 Å². The number of hydroxylamine groups is 1. The lowest BCUT2D eigenvalue weighted by atomic mass is 10.1. The van der Waals surface area contributed by atoms with Gasteiger partial charge in [-0.05, 0) is 26.2 Å². The molecule has 1 aliphatic rings. The number of nitrogens with one attached hydrogen (secondary N) is 1. The average molecular weight is 453 g/mol. The van der Waals surface area contributed by atoms with Crippen LogP contribution >= 0.6 is 0 Å². The van der Waals surface area contributed by atoms with E-state index in [1.165, 1.54) is 17.9 Å². The standard InChI is InChI=1S/C19H24FN5O5S/c1-19(17(27)23-28,31(2,29)30)5-8-25-12-15(20)14(9-16(25)26)13-10-21-18(22-11-13)24-6-3-4-7-24/h9-12,28H,3-8H2,1-2H3,(H,23,27). The normalized spacial score (nSPS) is 16.2. The van der Waals surface area contributed by atoms with E-state index in [0.29, 0.717) is 11.5 Å². The van der Waals surface area contributed by atoms with Gasteiger partial charge in [0.15, 0.2) is 14.6 Å². The predicted molar refractivity (Wildman–Crippen MR) is 111 cm³/mol. The third-order valence-corrected chi connectivity index (χ3v) is 7.67. The van der Waals surface area contributed by atoms with Crippen molar-refractivity contribution in [1.29, 1.82) is 0 Å². The van der Waals surface area contributed by atoms with Gasteiger partial charge in [-0.25, -0.2) is 28.3 Å². The first kappa shape index (κ1) is 22.8. The molecule has 10 nitrogen and oxygen atoms in total. The molecule has 1 saturated heterocycles. The summed E-state index contributed by atoms with van der Waals surface area (Å²) in [4.78, 5) is 34.9. The molecule has 0 saturated carbocycles. The number of carbonyl (C=O) groups is 1. The van der Waals surface area contributed by atoms with Crippen LogP contribution < -0.4 is 15.9 Å². The van der Waals surface area contributed by atoms with E-state index in [4.69, 9.17) is 5.21 Å². The van der Waals surface area contributed by atoms with E-state index in [-0.39, 0.29) is 18.5 Å². The Hall–Kier alpha value is -2.86. The molecule has 1 fully saturated rings. The lowest BCUT2D eigenvalue weighted by molar-refractivity contribution is -0.131. The van der Waals surface area contributed by atoms with Crippen molar-refractivity contribution in [3.05, 3.63) is 40.8 Å². The molecule has 0 spiro atoms. The molecule has 31 heavy (non-hydrogen) atoms. The summed E-state index contributed by atoms with van der Waals surface area (Å²) in [7, 11) is -3.93. The second kappa shape index (κ2) is 8.71. The van der Waals surface area contributed by atoms with Crippen LogP contribution in [0.25, 0.3) is 11.1 Å². The number of sulfone groups is 1. The average Bonchev–Trinajstić information content (AvgIpc) is 3.27. The van der Waals surface area contributed by atoms with Crippen molar-refractivity contribution in [3.8, 4) is 11.1 Å². The molecule has 0 aliphatic carbocycles. The summed E-state index contributed by atoms with van der Waals surface area (Å²) in [5.41, 5.74) is 1.11. The van der Waals surface area contributed by atoms with E-state index in [9.17, 15) is 22.4 Å². The maximum Gasteiger partial charge on any atom is 0.264 e. The number of pyridine rings is 1. The van der Waals surface area contributed by atoms with E-state index < -0.39 is 31.9 Å². The van der Waals surface area contributed by atoms with Crippen molar-refractivity contribution in [1.82, 2.24) is 20.0 Å². The van der Waals surface area contributed by atoms with Gasteiger partial charge in [-0.1, -0.05) is 0 Å². The fraction of sp³-hybridized carbons (Fsp3) is 0.474. The molecule has 2 N–H and O–H groups in total. The summed E-state index contributed by atoms with van der Waals surface area (Å²) >= 11 is 0. The van der Waals surface area contributed by atoms with Crippen LogP contribution in [-0.4, -0.2) is 58.2 Å². The Morgan fingerprint density at radius 1 is 1.29 bits per heavy atom. The summed E-state index contributed by atoms with van der Waals surface area (Å²) in [6.45, 7) is 2.61. The van der Waals surface area contributed by atoms with Gasteiger partial charge in [-0.3, -0.25) is 14.8 Å². The van der Waals surface area contributed by atoms with Gasteiger partial charge in [0.25, 0.3) is 11.5 Å². The number of nitrogens with zero attached hydrogens (tertiary/aromatic N) is 4. The largest absolute Gasteiger partial charge is 0.341 e. The fourth-order valence-corrected chi connectivity index (χ4v) is 4.25. The monoisotopic (exact) mass is 453 g/mol. The zero-order valence-corrected chi connectivity index (χ0v) is 18.0. The second-order valence-electron chi connectivity index (χ2n) is 7.73. The van der Waals surface area contributed by atoms with Crippen molar-refractivity contribution in [2.45, 2.75) is 37.5 Å². The molecule has 1 amide bonds. The first-order valence-electron chi connectivity index (χ1n) is 9.68. The smallest absolute Gasteiger partial charge is 0.264 e. The Morgan fingerprint density at radius 3 is 2.45 bits per heavy atom.